The number of rotatable bonds is 3. The SMILES string of the molecule is CN1CC[C@H]2CN(Cc3ccc(C(F)(F)F)cc3F)C[C@@]2(C(=O)O)C1. The van der Waals surface area contributed by atoms with Crippen molar-refractivity contribution in [2.24, 2.45) is 11.3 Å². The number of benzene rings is 1. The molecule has 2 heterocycles. The van der Waals surface area contributed by atoms with Gasteiger partial charge in [-0.25, -0.2) is 4.39 Å². The quantitative estimate of drug-likeness (QED) is 0.842. The van der Waals surface area contributed by atoms with E-state index in [1.807, 2.05) is 16.8 Å². The Morgan fingerprint density at radius 2 is 2.08 bits per heavy atom. The van der Waals surface area contributed by atoms with Gasteiger partial charge in [-0.3, -0.25) is 9.69 Å². The number of hydrogen-bond acceptors (Lipinski definition) is 3. The van der Waals surface area contributed by atoms with E-state index >= 15 is 0 Å². The summed E-state index contributed by atoms with van der Waals surface area (Å²) in [5.41, 5.74) is -1.76. The molecule has 0 aliphatic carbocycles. The number of carboxylic acid groups (broad SMARTS) is 1. The second-order valence-corrected chi connectivity index (χ2v) is 7.16. The number of nitrogens with zero attached hydrogens (tertiary/aromatic N) is 2. The van der Waals surface area contributed by atoms with Gasteiger partial charge < -0.3 is 10.0 Å². The Kier molecular flexibility index (Phi) is 4.53. The van der Waals surface area contributed by atoms with Crippen molar-refractivity contribution in [2.45, 2.75) is 19.1 Å². The molecule has 3 rings (SSSR count). The lowest BCUT2D eigenvalue weighted by Gasteiger charge is -2.39. The molecule has 0 saturated carbocycles. The number of likely N-dealkylation sites (tertiary alicyclic amines) is 2. The van der Waals surface area contributed by atoms with Crippen molar-refractivity contribution in [1.82, 2.24) is 9.80 Å². The molecule has 8 heteroatoms. The van der Waals surface area contributed by atoms with Gasteiger partial charge in [0.25, 0.3) is 0 Å². The highest BCUT2D eigenvalue weighted by Crippen LogP contribution is 2.42. The van der Waals surface area contributed by atoms with E-state index in [1.165, 1.54) is 0 Å². The van der Waals surface area contributed by atoms with Gasteiger partial charge in [-0.15, -0.1) is 0 Å². The maximum Gasteiger partial charge on any atom is 0.416 e. The zero-order valence-electron chi connectivity index (χ0n) is 13.8. The second-order valence-electron chi connectivity index (χ2n) is 7.16. The van der Waals surface area contributed by atoms with E-state index in [0.29, 0.717) is 19.2 Å². The van der Waals surface area contributed by atoms with Crippen LogP contribution in [0.1, 0.15) is 17.5 Å². The van der Waals surface area contributed by atoms with Gasteiger partial charge in [0.2, 0.25) is 0 Å². The van der Waals surface area contributed by atoms with Crippen molar-refractivity contribution < 1.29 is 27.5 Å². The van der Waals surface area contributed by atoms with E-state index in [2.05, 4.69) is 0 Å². The van der Waals surface area contributed by atoms with Gasteiger partial charge in [0.05, 0.1) is 11.0 Å². The number of carbonyl (C=O) groups is 1. The summed E-state index contributed by atoms with van der Waals surface area (Å²) in [6.07, 6.45) is -3.84. The first kappa shape index (κ1) is 18.1. The minimum atomic E-state index is -4.58. The number of fused-ring (bicyclic) bond motifs is 1. The topological polar surface area (TPSA) is 43.8 Å². The molecule has 0 radical (unpaired) electrons. The fraction of sp³-hybridized carbons (Fsp3) is 0.588. The predicted octanol–water partition coefficient (Wildman–Crippen LogP) is 2.68. The molecular formula is C17H20F4N2O2. The molecule has 1 N–H and O–H groups in total. The molecule has 0 amide bonds. The van der Waals surface area contributed by atoms with Gasteiger partial charge in [0.1, 0.15) is 5.82 Å². The molecule has 25 heavy (non-hydrogen) atoms. The zero-order chi connectivity index (χ0) is 18.4. The largest absolute Gasteiger partial charge is 0.481 e. The Bertz CT molecular complexity index is 679. The monoisotopic (exact) mass is 360 g/mol. The molecule has 1 aromatic carbocycles. The smallest absolute Gasteiger partial charge is 0.416 e. The van der Waals surface area contributed by atoms with E-state index in [0.717, 1.165) is 25.1 Å². The van der Waals surface area contributed by atoms with Crippen LogP contribution in [-0.2, 0) is 17.5 Å². The lowest BCUT2D eigenvalue weighted by atomic mass is 9.73. The molecule has 2 fully saturated rings. The first-order chi connectivity index (χ1) is 11.6. The van der Waals surface area contributed by atoms with Crippen LogP contribution in [0.4, 0.5) is 17.6 Å². The third-order valence-corrected chi connectivity index (χ3v) is 5.38. The maximum absolute atomic E-state index is 14.1. The third-order valence-electron chi connectivity index (χ3n) is 5.38. The van der Waals surface area contributed by atoms with Crippen LogP contribution in [0, 0.1) is 17.2 Å². The number of piperidine rings is 1. The number of hydrogen-bond donors (Lipinski definition) is 1. The van der Waals surface area contributed by atoms with Gasteiger partial charge in [-0.2, -0.15) is 13.2 Å². The van der Waals surface area contributed by atoms with Crippen LogP contribution in [-0.4, -0.2) is 54.1 Å². The summed E-state index contributed by atoms with van der Waals surface area (Å²) in [5, 5.41) is 9.73. The molecular weight excluding hydrogens is 340 g/mol. The maximum atomic E-state index is 14.1. The Morgan fingerprint density at radius 3 is 2.68 bits per heavy atom. The van der Waals surface area contributed by atoms with Gasteiger partial charge in [-0.05, 0) is 38.1 Å². The Morgan fingerprint density at radius 1 is 1.36 bits per heavy atom. The van der Waals surface area contributed by atoms with Gasteiger partial charge >= 0.3 is 12.1 Å². The van der Waals surface area contributed by atoms with Crippen molar-refractivity contribution in [3.63, 3.8) is 0 Å². The third kappa shape index (κ3) is 3.37. The molecule has 0 bridgehead atoms. The first-order valence-corrected chi connectivity index (χ1v) is 8.12. The fourth-order valence-electron chi connectivity index (χ4n) is 4.09. The van der Waals surface area contributed by atoms with Crippen molar-refractivity contribution in [1.29, 1.82) is 0 Å². The van der Waals surface area contributed by atoms with Crippen molar-refractivity contribution >= 4 is 5.97 Å². The summed E-state index contributed by atoms with van der Waals surface area (Å²) in [6, 6.07) is 2.50. The highest BCUT2D eigenvalue weighted by atomic mass is 19.4. The number of halogens is 4. The second kappa shape index (κ2) is 6.25. The minimum absolute atomic E-state index is 0.0290. The van der Waals surface area contributed by atoms with Crippen molar-refractivity contribution in [2.75, 3.05) is 33.2 Å². The Labute approximate surface area is 143 Å². The van der Waals surface area contributed by atoms with E-state index in [9.17, 15) is 27.5 Å². The molecule has 2 aliphatic rings. The fourth-order valence-corrected chi connectivity index (χ4v) is 4.09. The summed E-state index contributed by atoms with van der Waals surface area (Å²) in [5.74, 6) is -1.80. The van der Waals surface area contributed by atoms with E-state index in [4.69, 9.17) is 0 Å². The van der Waals surface area contributed by atoms with Gasteiger partial charge in [0.15, 0.2) is 0 Å². The van der Waals surface area contributed by atoms with Gasteiger partial charge in [0, 0.05) is 31.7 Å². The average Bonchev–Trinajstić information content (AvgIpc) is 2.87. The number of alkyl halides is 3. The predicted molar refractivity (Wildman–Crippen MR) is 82.4 cm³/mol. The van der Waals surface area contributed by atoms with Crippen LogP contribution in [0.2, 0.25) is 0 Å². The standard InChI is InChI=1S/C17H20F4N2O2/c1-22-5-4-13-8-23(10-16(13,9-22)15(24)25)7-11-2-3-12(6-14(11)18)17(19,20)21/h2-3,6,13H,4-5,7-10H2,1H3,(H,24,25)/t13-,16-/m0/s1. The Hall–Kier alpha value is -1.67. The molecule has 0 aromatic heterocycles. The van der Waals surface area contributed by atoms with Crippen molar-refractivity contribution in [3.8, 4) is 0 Å². The minimum Gasteiger partial charge on any atom is -0.481 e. The molecule has 0 spiro atoms. The van der Waals surface area contributed by atoms with E-state index < -0.39 is 28.9 Å². The normalized spacial score (nSPS) is 28.1. The summed E-state index contributed by atoms with van der Waals surface area (Å²) in [7, 11) is 1.87. The first-order valence-electron chi connectivity index (χ1n) is 8.12. The lowest BCUT2D eigenvalue weighted by molar-refractivity contribution is -0.154. The molecule has 2 atom stereocenters. The summed E-state index contributed by atoms with van der Waals surface area (Å²) < 4.78 is 52.0. The zero-order valence-corrected chi connectivity index (χ0v) is 13.8. The van der Waals surface area contributed by atoms with Crippen LogP contribution in [0.25, 0.3) is 0 Å². The highest BCUT2D eigenvalue weighted by molar-refractivity contribution is 5.76. The Balaban J connectivity index is 1.78. The molecule has 2 saturated heterocycles. The molecule has 138 valence electrons. The molecule has 4 nitrogen and oxygen atoms in total. The van der Waals surface area contributed by atoms with E-state index in [1.54, 1.807) is 0 Å². The molecule has 1 aromatic rings. The molecule has 2 aliphatic heterocycles. The summed E-state index contributed by atoms with van der Waals surface area (Å²) in [6.45, 7) is 2.14. The summed E-state index contributed by atoms with van der Waals surface area (Å²) >= 11 is 0. The lowest BCUT2D eigenvalue weighted by Crippen LogP contribution is -2.52. The van der Waals surface area contributed by atoms with Crippen LogP contribution in [0.15, 0.2) is 18.2 Å². The number of carboxylic acids is 1. The van der Waals surface area contributed by atoms with Gasteiger partial charge in [-0.1, -0.05) is 6.07 Å². The highest BCUT2D eigenvalue weighted by Gasteiger charge is 2.54. The van der Waals surface area contributed by atoms with E-state index in [-0.39, 0.29) is 24.6 Å². The van der Waals surface area contributed by atoms with Crippen LogP contribution in [0.3, 0.4) is 0 Å². The average molecular weight is 360 g/mol. The number of aliphatic carboxylic acids is 1. The van der Waals surface area contributed by atoms with Crippen molar-refractivity contribution in [3.05, 3.63) is 35.1 Å². The van der Waals surface area contributed by atoms with Crippen LogP contribution >= 0.6 is 0 Å². The molecule has 0 unspecified atom stereocenters. The van der Waals surface area contributed by atoms with Crippen LogP contribution < -0.4 is 0 Å². The summed E-state index contributed by atoms with van der Waals surface area (Å²) in [4.78, 5) is 15.7. The van der Waals surface area contributed by atoms with Crippen LogP contribution in [0.5, 0.6) is 0 Å².